The quantitative estimate of drug-likeness (QED) is 0.816. The standard InChI is InChI=1S/C18H26N4O4S/c1-11-7-18(2,3)21(8-11)17-15(16(19)23)14(4-5-20-17)27(24,25)22-9-13-6-12(22)10-26-13/h4-5,11-13H,6-10H2,1-3H3,(H2,19,23)/t11-,12+,13+/m0/s1. The van der Waals surface area contributed by atoms with Crippen LogP contribution in [0.1, 0.15) is 44.0 Å². The van der Waals surface area contributed by atoms with E-state index in [0.29, 0.717) is 37.9 Å². The molecule has 4 heterocycles. The van der Waals surface area contributed by atoms with Gasteiger partial charge in [0.15, 0.2) is 0 Å². The molecule has 2 N–H and O–H groups in total. The second-order valence-electron chi connectivity index (χ2n) is 8.52. The number of ether oxygens (including phenoxy) is 1. The monoisotopic (exact) mass is 394 g/mol. The number of hydrogen-bond acceptors (Lipinski definition) is 6. The van der Waals surface area contributed by atoms with Crippen LogP contribution in [0.5, 0.6) is 0 Å². The number of pyridine rings is 1. The van der Waals surface area contributed by atoms with Gasteiger partial charge in [0.1, 0.15) is 16.3 Å². The summed E-state index contributed by atoms with van der Waals surface area (Å²) < 4.78 is 33.7. The van der Waals surface area contributed by atoms with Crippen LogP contribution in [0, 0.1) is 5.92 Å². The van der Waals surface area contributed by atoms with Gasteiger partial charge < -0.3 is 15.4 Å². The van der Waals surface area contributed by atoms with Crippen molar-refractivity contribution in [2.45, 2.75) is 56.2 Å². The Hall–Kier alpha value is -1.71. The van der Waals surface area contributed by atoms with Crippen molar-refractivity contribution in [1.29, 1.82) is 0 Å². The average molecular weight is 394 g/mol. The number of sulfonamides is 1. The van der Waals surface area contributed by atoms with Crippen LogP contribution in [-0.2, 0) is 14.8 Å². The van der Waals surface area contributed by atoms with Crippen LogP contribution >= 0.6 is 0 Å². The number of carbonyl (C=O) groups excluding carboxylic acids is 1. The molecule has 0 spiro atoms. The molecular weight excluding hydrogens is 368 g/mol. The van der Waals surface area contributed by atoms with Crippen molar-refractivity contribution in [3.63, 3.8) is 0 Å². The normalized spacial score (nSPS) is 30.2. The number of morpholine rings is 1. The highest BCUT2D eigenvalue weighted by molar-refractivity contribution is 7.89. The van der Waals surface area contributed by atoms with E-state index in [1.165, 1.54) is 16.6 Å². The van der Waals surface area contributed by atoms with Crippen molar-refractivity contribution in [2.24, 2.45) is 11.7 Å². The maximum Gasteiger partial charge on any atom is 0.253 e. The molecule has 3 aliphatic rings. The first kappa shape index (κ1) is 18.6. The lowest BCUT2D eigenvalue weighted by molar-refractivity contribution is 0.0608. The predicted molar refractivity (Wildman–Crippen MR) is 100.0 cm³/mol. The van der Waals surface area contributed by atoms with E-state index < -0.39 is 15.9 Å². The third-order valence-electron chi connectivity index (χ3n) is 5.90. The van der Waals surface area contributed by atoms with E-state index in [2.05, 4.69) is 25.8 Å². The summed E-state index contributed by atoms with van der Waals surface area (Å²) in [4.78, 5) is 18.7. The molecule has 0 saturated carbocycles. The van der Waals surface area contributed by atoms with Gasteiger partial charge in [-0.05, 0) is 38.7 Å². The van der Waals surface area contributed by atoms with Crippen LogP contribution in [0.4, 0.5) is 5.82 Å². The summed E-state index contributed by atoms with van der Waals surface area (Å²) in [5, 5.41) is 0. The lowest BCUT2D eigenvalue weighted by atomic mass is 9.97. The highest BCUT2D eigenvalue weighted by atomic mass is 32.2. The molecule has 3 atom stereocenters. The van der Waals surface area contributed by atoms with E-state index in [1.807, 2.05) is 4.90 Å². The molecule has 0 radical (unpaired) electrons. The Morgan fingerprint density at radius 3 is 2.63 bits per heavy atom. The number of hydrogen-bond donors (Lipinski definition) is 1. The van der Waals surface area contributed by atoms with Crippen molar-refractivity contribution >= 4 is 21.7 Å². The van der Waals surface area contributed by atoms with Gasteiger partial charge in [0.05, 0.1) is 18.8 Å². The lowest BCUT2D eigenvalue weighted by Gasteiger charge is -2.34. The summed E-state index contributed by atoms with van der Waals surface area (Å²) in [7, 11) is -3.86. The second kappa shape index (κ2) is 6.15. The molecule has 3 saturated heterocycles. The van der Waals surface area contributed by atoms with E-state index in [-0.39, 0.29) is 28.1 Å². The van der Waals surface area contributed by atoms with E-state index in [1.54, 1.807) is 0 Å². The molecule has 1 aromatic rings. The fourth-order valence-electron chi connectivity index (χ4n) is 4.83. The van der Waals surface area contributed by atoms with Gasteiger partial charge in [-0.3, -0.25) is 4.79 Å². The fraction of sp³-hybridized carbons (Fsp3) is 0.667. The first-order valence-corrected chi connectivity index (χ1v) is 10.7. The first-order chi connectivity index (χ1) is 12.6. The van der Waals surface area contributed by atoms with Gasteiger partial charge in [0.25, 0.3) is 5.91 Å². The number of fused-ring (bicyclic) bond motifs is 2. The van der Waals surface area contributed by atoms with Gasteiger partial charge in [0, 0.05) is 24.8 Å². The van der Waals surface area contributed by atoms with E-state index >= 15 is 0 Å². The maximum absolute atomic E-state index is 13.4. The van der Waals surface area contributed by atoms with Crippen LogP contribution in [0.15, 0.2) is 17.2 Å². The zero-order valence-corrected chi connectivity index (χ0v) is 16.7. The fourth-order valence-corrected chi connectivity index (χ4v) is 6.67. The van der Waals surface area contributed by atoms with Crippen LogP contribution in [0.2, 0.25) is 0 Å². The minimum absolute atomic E-state index is 0.0108. The van der Waals surface area contributed by atoms with Gasteiger partial charge in [-0.25, -0.2) is 13.4 Å². The molecule has 0 unspecified atom stereocenters. The number of carbonyl (C=O) groups is 1. The Balaban J connectivity index is 1.82. The molecule has 2 bridgehead atoms. The lowest BCUT2D eigenvalue weighted by Crippen LogP contribution is -2.43. The molecule has 8 nitrogen and oxygen atoms in total. The molecular formula is C18H26N4O4S. The van der Waals surface area contributed by atoms with Crippen LogP contribution in [0.3, 0.4) is 0 Å². The summed E-state index contributed by atoms with van der Waals surface area (Å²) >= 11 is 0. The molecule has 1 aromatic heterocycles. The summed E-state index contributed by atoms with van der Waals surface area (Å²) in [6.07, 6.45) is 3.01. The molecule has 3 fully saturated rings. The number of nitrogens with zero attached hydrogens (tertiary/aromatic N) is 3. The Kier molecular flexibility index (Phi) is 4.25. The van der Waals surface area contributed by atoms with Crippen molar-refractivity contribution < 1.29 is 17.9 Å². The maximum atomic E-state index is 13.4. The van der Waals surface area contributed by atoms with Crippen molar-refractivity contribution in [3.05, 3.63) is 17.8 Å². The van der Waals surface area contributed by atoms with Crippen molar-refractivity contribution in [3.8, 4) is 0 Å². The Morgan fingerprint density at radius 2 is 2.11 bits per heavy atom. The van der Waals surface area contributed by atoms with Crippen LogP contribution < -0.4 is 10.6 Å². The van der Waals surface area contributed by atoms with E-state index in [0.717, 1.165) is 6.42 Å². The molecule has 9 heteroatoms. The van der Waals surface area contributed by atoms with Gasteiger partial charge in [0.2, 0.25) is 10.0 Å². The molecule has 0 aliphatic carbocycles. The van der Waals surface area contributed by atoms with E-state index in [9.17, 15) is 13.2 Å². The largest absolute Gasteiger partial charge is 0.375 e. The smallest absolute Gasteiger partial charge is 0.253 e. The third kappa shape index (κ3) is 2.92. The third-order valence-corrected chi connectivity index (χ3v) is 7.87. The Bertz CT molecular complexity index is 885. The van der Waals surface area contributed by atoms with Gasteiger partial charge in [-0.2, -0.15) is 4.31 Å². The van der Waals surface area contributed by atoms with Crippen LogP contribution in [0.25, 0.3) is 0 Å². The zero-order valence-electron chi connectivity index (χ0n) is 15.9. The number of amides is 1. The van der Waals surface area contributed by atoms with Gasteiger partial charge >= 0.3 is 0 Å². The minimum Gasteiger partial charge on any atom is -0.375 e. The molecule has 27 heavy (non-hydrogen) atoms. The SMILES string of the molecule is C[C@@H]1CN(c2nccc(S(=O)(=O)N3C[C@H]4C[C@@H]3CO4)c2C(N)=O)C(C)(C)C1. The number of anilines is 1. The molecule has 1 amide bonds. The number of aromatic nitrogens is 1. The molecule has 0 aromatic carbocycles. The van der Waals surface area contributed by atoms with Crippen molar-refractivity contribution in [1.82, 2.24) is 9.29 Å². The average Bonchev–Trinajstić information content (AvgIpc) is 3.27. The number of nitrogens with two attached hydrogens (primary N) is 1. The zero-order chi connectivity index (χ0) is 19.6. The van der Waals surface area contributed by atoms with Gasteiger partial charge in [-0.1, -0.05) is 6.92 Å². The Morgan fingerprint density at radius 1 is 1.37 bits per heavy atom. The summed E-state index contributed by atoms with van der Waals surface area (Å²) in [6.45, 7) is 7.68. The molecule has 4 rings (SSSR count). The first-order valence-electron chi connectivity index (χ1n) is 9.31. The summed E-state index contributed by atoms with van der Waals surface area (Å²) in [5.74, 6) is 0.000390. The number of rotatable bonds is 4. The molecule has 3 aliphatic heterocycles. The Labute approximate surface area is 159 Å². The number of primary amides is 1. The summed E-state index contributed by atoms with van der Waals surface area (Å²) in [6, 6.07) is 1.21. The minimum atomic E-state index is -3.86. The highest BCUT2D eigenvalue weighted by Crippen LogP contribution is 2.40. The van der Waals surface area contributed by atoms with Crippen LogP contribution in [-0.4, -0.2) is 61.0 Å². The second-order valence-corrected chi connectivity index (χ2v) is 10.4. The predicted octanol–water partition coefficient (Wildman–Crippen LogP) is 0.967. The summed E-state index contributed by atoms with van der Waals surface area (Å²) in [5.41, 5.74) is 5.42. The topological polar surface area (TPSA) is 106 Å². The van der Waals surface area contributed by atoms with Crippen molar-refractivity contribution in [2.75, 3.05) is 24.6 Å². The molecule has 148 valence electrons. The van der Waals surface area contributed by atoms with E-state index in [4.69, 9.17) is 10.5 Å². The van der Waals surface area contributed by atoms with Gasteiger partial charge in [-0.15, -0.1) is 0 Å². The highest BCUT2D eigenvalue weighted by Gasteiger charge is 2.47.